The number of para-hydroxylation sites is 4. The maximum absolute atomic E-state index is 13.4. The molecule has 2 N–H and O–H groups in total. The second-order valence-electron chi connectivity index (χ2n) is 6.93. The minimum Gasteiger partial charge on any atom is -0.338 e. The topological polar surface area (TPSA) is 114 Å². The predicted molar refractivity (Wildman–Crippen MR) is 115 cm³/mol. The van der Waals surface area contributed by atoms with Crippen molar-refractivity contribution in [1.29, 1.82) is 10.5 Å². The predicted octanol–water partition coefficient (Wildman–Crippen LogP) is 3.90. The first-order valence-electron chi connectivity index (χ1n) is 9.25. The molecule has 0 aliphatic heterocycles. The van der Waals surface area contributed by atoms with Crippen molar-refractivity contribution >= 4 is 39.4 Å². The summed E-state index contributed by atoms with van der Waals surface area (Å²) >= 11 is 0. The zero-order chi connectivity index (χ0) is 20.8. The van der Waals surface area contributed by atoms with Crippen LogP contribution in [0, 0.1) is 29.6 Å². The number of nitriles is 2. The Bertz CT molecular complexity index is 1620. The number of benzene rings is 2. The standard InChI is InChI=1S/C23H14N6O/c1-13-15(10-14(11-24)21-26-17-6-2-3-7-18(17)27-21)23(30)29-20-9-5-4-8-19(20)28-22(29)16(13)12-25/h2-10,28H,1H3,(H,26,27)/b14-10-. The number of rotatable bonds is 2. The maximum atomic E-state index is 13.4. The molecule has 0 saturated carbocycles. The van der Waals surface area contributed by atoms with Crippen molar-refractivity contribution in [2.75, 3.05) is 0 Å². The lowest BCUT2D eigenvalue weighted by atomic mass is 10.0. The third-order valence-corrected chi connectivity index (χ3v) is 5.24. The number of aromatic amines is 2. The number of hydrogen-bond acceptors (Lipinski definition) is 4. The van der Waals surface area contributed by atoms with E-state index in [1.54, 1.807) is 6.92 Å². The summed E-state index contributed by atoms with van der Waals surface area (Å²) < 4.78 is 1.49. The number of allylic oxidation sites excluding steroid dienone is 1. The van der Waals surface area contributed by atoms with Gasteiger partial charge in [-0.2, -0.15) is 10.5 Å². The summed E-state index contributed by atoms with van der Waals surface area (Å²) in [6.45, 7) is 1.71. The van der Waals surface area contributed by atoms with Crippen LogP contribution >= 0.6 is 0 Å². The first-order chi connectivity index (χ1) is 14.6. The van der Waals surface area contributed by atoms with Gasteiger partial charge in [0.2, 0.25) is 0 Å². The Kier molecular flexibility index (Phi) is 3.77. The fraction of sp³-hybridized carbons (Fsp3) is 0.0435. The van der Waals surface area contributed by atoms with E-state index in [1.807, 2.05) is 48.5 Å². The summed E-state index contributed by atoms with van der Waals surface area (Å²) in [6, 6.07) is 19.1. The van der Waals surface area contributed by atoms with E-state index in [9.17, 15) is 15.3 Å². The quantitative estimate of drug-likeness (QED) is 0.445. The van der Waals surface area contributed by atoms with Gasteiger partial charge in [-0.15, -0.1) is 0 Å². The average molecular weight is 390 g/mol. The normalized spacial score (nSPS) is 11.8. The van der Waals surface area contributed by atoms with Gasteiger partial charge in [0.25, 0.3) is 5.56 Å². The van der Waals surface area contributed by atoms with E-state index in [2.05, 4.69) is 27.1 Å². The number of H-pyrrole nitrogens is 2. The second-order valence-corrected chi connectivity index (χ2v) is 6.93. The van der Waals surface area contributed by atoms with Gasteiger partial charge in [-0.1, -0.05) is 24.3 Å². The summed E-state index contributed by atoms with van der Waals surface area (Å²) in [5.41, 5.74) is 4.47. The van der Waals surface area contributed by atoms with Gasteiger partial charge >= 0.3 is 0 Å². The Balaban J connectivity index is 1.83. The van der Waals surface area contributed by atoms with Crippen molar-refractivity contribution in [3.63, 3.8) is 0 Å². The molecular weight excluding hydrogens is 376 g/mol. The van der Waals surface area contributed by atoms with Crippen molar-refractivity contribution in [1.82, 2.24) is 19.4 Å². The van der Waals surface area contributed by atoms with Crippen LogP contribution in [0.4, 0.5) is 0 Å². The molecule has 0 atom stereocenters. The number of aromatic nitrogens is 4. The number of fused-ring (bicyclic) bond motifs is 4. The Morgan fingerprint density at radius 2 is 1.80 bits per heavy atom. The number of hydrogen-bond donors (Lipinski definition) is 2. The molecule has 0 aliphatic carbocycles. The minimum absolute atomic E-state index is 0.218. The smallest absolute Gasteiger partial charge is 0.264 e. The molecule has 0 spiro atoms. The van der Waals surface area contributed by atoms with Crippen molar-refractivity contribution in [3.8, 4) is 12.1 Å². The van der Waals surface area contributed by atoms with Crippen LogP contribution in [0.2, 0.25) is 0 Å². The Morgan fingerprint density at radius 3 is 2.53 bits per heavy atom. The molecule has 5 aromatic rings. The van der Waals surface area contributed by atoms with Gasteiger partial charge in [0.05, 0.1) is 33.2 Å². The fourth-order valence-corrected chi connectivity index (χ4v) is 3.74. The van der Waals surface area contributed by atoms with Crippen LogP contribution in [-0.4, -0.2) is 19.4 Å². The summed E-state index contributed by atoms with van der Waals surface area (Å²) in [5, 5.41) is 19.5. The second kappa shape index (κ2) is 6.47. The van der Waals surface area contributed by atoms with Crippen LogP contribution in [0.3, 0.4) is 0 Å². The molecular formula is C23H14N6O. The van der Waals surface area contributed by atoms with E-state index in [-0.39, 0.29) is 16.7 Å². The first-order valence-corrected chi connectivity index (χ1v) is 9.25. The molecule has 0 saturated heterocycles. The van der Waals surface area contributed by atoms with Crippen molar-refractivity contribution in [2.24, 2.45) is 0 Å². The maximum Gasteiger partial charge on any atom is 0.264 e. The zero-order valence-corrected chi connectivity index (χ0v) is 15.9. The first kappa shape index (κ1) is 17.5. The molecule has 142 valence electrons. The summed E-state index contributed by atoms with van der Waals surface area (Å²) in [6.07, 6.45) is 1.50. The van der Waals surface area contributed by atoms with Crippen LogP contribution in [-0.2, 0) is 0 Å². The summed E-state index contributed by atoms with van der Waals surface area (Å²) in [4.78, 5) is 24.1. The molecule has 0 unspecified atom stereocenters. The van der Waals surface area contributed by atoms with Crippen LogP contribution in [0.5, 0.6) is 0 Å². The van der Waals surface area contributed by atoms with Crippen LogP contribution < -0.4 is 5.56 Å². The highest BCUT2D eigenvalue weighted by atomic mass is 16.1. The molecule has 2 aromatic carbocycles. The number of imidazole rings is 2. The van der Waals surface area contributed by atoms with Gasteiger partial charge in [0.15, 0.2) is 0 Å². The molecule has 3 heterocycles. The lowest BCUT2D eigenvalue weighted by molar-refractivity contribution is 1.11. The van der Waals surface area contributed by atoms with Crippen LogP contribution in [0.1, 0.15) is 22.5 Å². The fourth-order valence-electron chi connectivity index (χ4n) is 3.74. The SMILES string of the molecule is Cc1c(/C=C(/C#N)c2nc3ccccc3[nH]2)c(=O)n2c([nH]c3ccccc32)c1C#N. The van der Waals surface area contributed by atoms with Crippen molar-refractivity contribution in [2.45, 2.75) is 6.92 Å². The summed E-state index contributed by atoms with van der Waals surface area (Å²) in [5.74, 6) is 0.375. The zero-order valence-electron chi connectivity index (χ0n) is 15.9. The lowest BCUT2D eigenvalue weighted by Gasteiger charge is -2.06. The molecule has 3 aromatic heterocycles. The molecule has 30 heavy (non-hydrogen) atoms. The largest absolute Gasteiger partial charge is 0.338 e. The number of nitrogens with zero attached hydrogens (tertiary/aromatic N) is 4. The van der Waals surface area contributed by atoms with E-state index in [0.29, 0.717) is 28.1 Å². The molecule has 0 fully saturated rings. The monoisotopic (exact) mass is 390 g/mol. The number of nitrogens with one attached hydrogen (secondary N) is 2. The lowest BCUT2D eigenvalue weighted by Crippen LogP contribution is -2.18. The Morgan fingerprint density at radius 1 is 1.07 bits per heavy atom. The van der Waals surface area contributed by atoms with Gasteiger partial charge in [-0.3, -0.25) is 9.20 Å². The molecule has 7 heteroatoms. The van der Waals surface area contributed by atoms with E-state index < -0.39 is 0 Å². The third-order valence-electron chi connectivity index (χ3n) is 5.24. The Labute approximate surface area is 170 Å². The highest BCUT2D eigenvalue weighted by molar-refractivity contribution is 5.92. The number of pyridine rings is 1. The van der Waals surface area contributed by atoms with Gasteiger partial charge in [0, 0.05) is 5.56 Å². The summed E-state index contributed by atoms with van der Waals surface area (Å²) in [7, 11) is 0. The van der Waals surface area contributed by atoms with Crippen LogP contribution in [0.25, 0.3) is 39.4 Å². The molecule has 0 bridgehead atoms. The highest BCUT2D eigenvalue weighted by Crippen LogP contribution is 2.24. The molecule has 0 radical (unpaired) electrons. The van der Waals surface area contributed by atoms with E-state index >= 15 is 0 Å². The van der Waals surface area contributed by atoms with Gasteiger partial charge in [0.1, 0.15) is 23.6 Å². The molecule has 7 nitrogen and oxygen atoms in total. The van der Waals surface area contributed by atoms with Crippen molar-refractivity contribution < 1.29 is 0 Å². The highest BCUT2D eigenvalue weighted by Gasteiger charge is 2.18. The van der Waals surface area contributed by atoms with Crippen molar-refractivity contribution in [3.05, 3.63) is 81.4 Å². The molecule has 0 amide bonds. The van der Waals surface area contributed by atoms with Crippen LogP contribution in [0.15, 0.2) is 53.3 Å². The van der Waals surface area contributed by atoms with Gasteiger partial charge in [-0.05, 0) is 42.8 Å². The van der Waals surface area contributed by atoms with Gasteiger partial charge < -0.3 is 9.97 Å². The minimum atomic E-state index is -0.303. The average Bonchev–Trinajstić information content (AvgIpc) is 3.35. The van der Waals surface area contributed by atoms with Gasteiger partial charge in [-0.25, -0.2) is 4.98 Å². The van der Waals surface area contributed by atoms with E-state index in [1.165, 1.54) is 10.5 Å². The molecule has 0 aliphatic rings. The van der Waals surface area contributed by atoms with E-state index in [4.69, 9.17) is 0 Å². The third kappa shape index (κ3) is 2.43. The Hall–Kier alpha value is -4.62. The van der Waals surface area contributed by atoms with E-state index in [0.717, 1.165) is 16.6 Å². The molecule has 5 rings (SSSR count).